The molecule has 3 nitrogen and oxygen atoms in total. The van der Waals surface area contributed by atoms with Crippen LogP contribution < -0.4 is 10.6 Å². The summed E-state index contributed by atoms with van der Waals surface area (Å²) < 4.78 is 0. The second-order valence-electron chi connectivity index (χ2n) is 2.52. The fourth-order valence-electron chi connectivity index (χ4n) is 0.513. The van der Waals surface area contributed by atoms with E-state index in [9.17, 15) is 4.79 Å². The lowest BCUT2D eigenvalue weighted by molar-refractivity contribution is -0.109. The van der Waals surface area contributed by atoms with Gasteiger partial charge in [-0.05, 0) is 20.9 Å². The van der Waals surface area contributed by atoms with E-state index in [1.54, 1.807) is 0 Å². The van der Waals surface area contributed by atoms with E-state index in [2.05, 4.69) is 17.6 Å². The summed E-state index contributed by atoms with van der Waals surface area (Å²) in [6.45, 7) is 4.73. The molecule has 0 aliphatic rings. The highest BCUT2D eigenvalue weighted by atomic mass is 16.1. The van der Waals surface area contributed by atoms with E-state index < -0.39 is 0 Å². The number of carbonyl (C=O) groups is 1. The van der Waals surface area contributed by atoms with Crippen molar-refractivity contribution in [3.8, 4) is 0 Å². The molecule has 0 radical (unpaired) electrons. The molecule has 0 saturated heterocycles. The van der Waals surface area contributed by atoms with Crippen molar-refractivity contribution < 1.29 is 4.79 Å². The minimum Gasteiger partial charge on any atom is -0.316 e. The third-order valence-electron chi connectivity index (χ3n) is 1.44. The van der Waals surface area contributed by atoms with Crippen LogP contribution in [0.15, 0.2) is 0 Å². The fraction of sp³-hybridized carbons (Fsp3) is 0.857. The van der Waals surface area contributed by atoms with Gasteiger partial charge in [-0.1, -0.05) is 0 Å². The summed E-state index contributed by atoms with van der Waals surface area (Å²) in [6, 6.07) is 0.387. The van der Waals surface area contributed by atoms with Gasteiger partial charge in [-0.15, -0.1) is 0 Å². The molecule has 0 saturated carbocycles. The molecule has 2 atom stereocenters. The molecule has 60 valence electrons. The number of hydrogen-bond acceptors (Lipinski definition) is 3. The average molecular weight is 144 g/mol. The SMILES string of the molecule is CNC(C)CNC(C)C=O. The van der Waals surface area contributed by atoms with Gasteiger partial charge in [0, 0.05) is 12.6 Å². The largest absolute Gasteiger partial charge is 0.316 e. The van der Waals surface area contributed by atoms with Gasteiger partial charge in [0.15, 0.2) is 0 Å². The van der Waals surface area contributed by atoms with Crippen molar-refractivity contribution in [2.75, 3.05) is 13.6 Å². The van der Waals surface area contributed by atoms with Crippen molar-refractivity contribution >= 4 is 6.29 Å². The zero-order chi connectivity index (χ0) is 7.98. The lowest BCUT2D eigenvalue weighted by Gasteiger charge is -2.12. The van der Waals surface area contributed by atoms with Gasteiger partial charge in [0.1, 0.15) is 6.29 Å². The highest BCUT2D eigenvalue weighted by molar-refractivity contribution is 5.56. The van der Waals surface area contributed by atoms with Crippen LogP contribution >= 0.6 is 0 Å². The van der Waals surface area contributed by atoms with Crippen molar-refractivity contribution in [1.82, 2.24) is 10.6 Å². The molecule has 0 bridgehead atoms. The first-order valence-electron chi connectivity index (χ1n) is 3.56. The van der Waals surface area contributed by atoms with Crippen LogP contribution in [0.5, 0.6) is 0 Å². The van der Waals surface area contributed by atoms with Gasteiger partial charge in [-0.2, -0.15) is 0 Å². The van der Waals surface area contributed by atoms with Gasteiger partial charge in [0.25, 0.3) is 0 Å². The molecule has 0 aliphatic carbocycles. The Balaban J connectivity index is 3.25. The Hall–Kier alpha value is -0.410. The topological polar surface area (TPSA) is 41.1 Å². The summed E-state index contributed by atoms with van der Waals surface area (Å²) in [6.07, 6.45) is 0.905. The number of nitrogens with one attached hydrogen (secondary N) is 2. The predicted octanol–water partition coefficient (Wildman–Crippen LogP) is -0.229. The van der Waals surface area contributed by atoms with E-state index in [0.717, 1.165) is 12.8 Å². The summed E-state index contributed by atoms with van der Waals surface area (Å²) in [5, 5.41) is 6.12. The van der Waals surface area contributed by atoms with Crippen molar-refractivity contribution in [2.45, 2.75) is 25.9 Å². The Morgan fingerprint density at radius 1 is 1.50 bits per heavy atom. The maximum atomic E-state index is 10.1. The number of aldehydes is 1. The van der Waals surface area contributed by atoms with Crippen LogP contribution in [0.1, 0.15) is 13.8 Å². The van der Waals surface area contributed by atoms with Gasteiger partial charge >= 0.3 is 0 Å². The Kier molecular flexibility index (Phi) is 5.16. The molecule has 0 heterocycles. The van der Waals surface area contributed by atoms with E-state index in [0.29, 0.717) is 6.04 Å². The zero-order valence-corrected chi connectivity index (χ0v) is 6.85. The van der Waals surface area contributed by atoms with Crippen LogP contribution in [0.4, 0.5) is 0 Å². The Labute approximate surface area is 62.2 Å². The van der Waals surface area contributed by atoms with Crippen molar-refractivity contribution in [2.24, 2.45) is 0 Å². The molecule has 0 amide bonds. The van der Waals surface area contributed by atoms with Gasteiger partial charge in [0.2, 0.25) is 0 Å². The van der Waals surface area contributed by atoms with Crippen LogP contribution in [-0.2, 0) is 4.79 Å². The summed E-state index contributed by atoms with van der Waals surface area (Å²) in [5.74, 6) is 0. The third-order valence-corrected chi connectivity index (χ3v) is 1.44. The lowest BCUT2D eigenvalue weighted by Crippen LogP contribution is -2.38. The normalized spacial score (nSPS) is 16.3. The van der Waals surface area contributed by atoms with Gasteiger partial charge < -0.3 is 15.4 Å². The van der Waals surface area contributed by atoms with Crippen LogP contribution in [0.3, 0.4) is 0 Å². The van der Waals surface area contributed by atoms with E-state index in [1.807, 2.05) is 14.0 Å². The average Bonchev–Trinajstić information content (AvgIpc) is 1.99. The van der Waals surface area contributed by atoms with Crippen LogP contribution in [0.25, 0.3) is 0 Å². The molecule has 0 spiro atoms. The van der Waals surface area contributed by atoms with Gasteiger partial charge in [-0.25, -0.2) is 0 Å². The standard InChI is InChI=1S/C7H16N2O/c1-6(8-3)4-9-7(2)5-10/h5-9H,4H2,1-3H3. The number of rotatable bonds is 5. The van der Waals surface area contributed by atoms with Crippen molar-refractivity contribution in [1.29, 1.82) is 0 Å². The maximum Gasteiger partial charge on any atom is 0.136 e. The number of likely N-dealkylation sites (N-methyl/N-ethyl adjacent to an activating group) is 1. The zero-order valence-electron chi connectivity index (χ0n) is 6.85. The molecule has 3 heteroatoms. The molecule has 0 aliphatic heterocycles. The molecular weight excluding hydrogens is 128 g/mol. The first kappa shape index (κ1) is 9.59. The van der Waals surface area contributed by atoms with Gasteiger partial charge in [-0.3, -0.25) is 0 Å². The molecule has 2 N–H and O–H groups in total. The van der Waals surface area contributed by atoms with Crippen LogP contribution in [0, 0.1) is 0 Å². The predicted molar refractivity (Wildman–Crippen MR) is 42.1 cm³/mol. The number of carbonyl (C=O) groups excluding carboxylic acids is 1. The highest BCUT2D eigenvalue weighted by Crippen LogP contribution is 1.78. The minimum atomic E-state index is -0.0317. The van der Waals surface area contributed by atoms with E-state index >= 15 is 0 Å². The van der Waals surface area contributed by atoms with Crippen molar-refractivity contribution in [3.05, 3.63) is 0 Å². The van der Waals surface area contributed by atoms with Crippen LogP contribution in [-0.4, -0.2) is 32.0 Å². The van der Waals surface area contributed by atoms with Gasteiger partial charge in [0.05, 0.1) is 6.04 Å². The quantitative estimate of drug-likeness (QED) is 0.524. The summed E-state index contributed by atoms with van der Waals surface area (Å²) in [7, 11) is 1.90. The second-order valence-corrected chi connectivity index (χ2v) is 2.52. The van der Waals surface area contributed by atoms with Crippen LogP contribution in [0.2, 0.25) is 0 Å². The fourth-order valence-corrected chi connectivity index (χ4v) is 0.513. The monoisotopic (exact) mass is 144 g/mol. The molecule has 2 unspecified atom stereocenters. The Morgan fingerprint density at radius 3 is 2.50 bits per heavy atom. The maximum absolute atomic E-state index is 10.1. The molecule has 0 aromatic rings. The van der Waals surface area contributed by atoms with Crippen molar-refractivity contribution in [3.63, 3.8) is 0 Å². The third kappa shape index (κ3) is 4.47. The summed E-state index contributed by atoms with van der Waals surface area (Å²) in [4.78, 5) is 10.1. The van der Waals surface area contributed by atoms with E-state index in [4.69, 9.17) is 0 Å². The molecular formula is C7H16N2O. The van der Waals surface area contributed by atoms with E-state index in [-0.39, 0.29) is 6.04 Å². The molecule has 0 aromatic carbocycles. The summed E-state index contributed by atoms with van der Waals surface area (Å²) >= 11 is 0. The smallest absolute Gasteiger partial charge is 0.136 e. The minimum absolute atomic E-state index is 0.0317. The lowest BCUT2D eigenvalue weighted by atomic mass is 10.3. The summed E-state index contributed by atoms with van der Waals surface area (Å²) in [5.41, 5.74) is 0. The Morgan fingerprint density at radius 2 is 2.10 bits per heavy atom. The Bertz CT molecular complexity index is 95.6. The molecule has 0 aromatic heterocycles. The molecule has 10 heavy (non-hydrogen) atoms. The molecule has 0 rings (SSSR count). The highest BCUT2D eigenvalue weighted by Gasteiger charge is 2.00. The first-order chi connectivity index (χ1) is 4.70. The van der Waals surface area contributed by atoms with E-state index in [1.165, 1.54) is 0 Å². The first-order valence-corrected chi connectivity index (χ1v) is 3.56. The molecule has 0 fully saturated rings. The second kappa shape index (κ2) is 5.38. The number of hydrogen-bond donors (Lipinski definition) is 2.